The maximum Gasteiger partial charge on any atom is 0.256 e. The Bertz CT molecular complexity index is 1250. The molecule has 0 atom stereocenters. The van der Waals surface area contributed by atoms with Crippen molar-refractivity contribution in [1.82, 2.24) is 14.8 Å². The Morgan fingerprint density at radius 1 is 1.00 bits per heavy atom. The van der Waals surface area contributed by atoms with Crippen molar-refractivity contribution in [3.05, 3.63) is 82.7 Å². The minimum absolute atomic E-state index is 0.114. The standard InChI is InChI=1S/C25H24N4O/c1-15-8-7-9-16(2)23(15)27-25(30)20-14-21(18-12-13-18)26-24-22(20)17(3)28-29(24)19-10-5-4-6-11-19/h4-11,14,18H,12-13H2,1-3H3,(H,27,30). The second-order valence-electron chi connectivity index (χ2n) is 8.12. The maximum atomic E-state index is 13.4. The fourth-order valence-electron chi connectivity index (χ4n) is 4.02. The van der Waals surface area contributed by atoms with Crippen molar-refractivity contribution in [2.75, 3.05) is 5.32 Å². The lowest BCUT2D eigenvalue weighted by atomic mass is 10.1. The van der Waals surface area contributed by atoms with E-state index in [2.05, 4.69) is 5.32 Å². The highest BCUT2D eigenvalue weighted by atomic mass is 16.1. The van der Waals surface area contributed by atoms with Gasteiger partial charge in [-0.05, 0) is 62.9 Å². The molecule has 1 amide bonds. The van der Waals surface area contributed by atoms with Crippen molar-refractivity contribution in [3.8, 4) is 5.69 Å². The van der Waals surface area contributed by atoms with Crippen molar-refractivity contribution >= 4 is 22.6 Å². The third kappa shape index (κ3) is 3.16. The smallest absolute Gasteiger partial charge is 0.256 e. The molecule has 1 aliphatic rings. The van der Waals surface area contributed by atoms with Crippen LogP contribution in [-0.4, -0.2) is 20.7 Å². The maximum absolute atomic E-state index is 13.4. The first-order valence-corrected chi connectivity index (χ1v) is 10.4. The van der Waals surface area contributed by atoms with Crippen LogP contribution in [0.15, 0.2) is 54.6 Å². The molecule has 0 unspecified atom stereocenters. The molecule has 2 aromatic carbocycles. The van der Waals surface area contributed by atoms with E-state index in [9.17, 15) is 4.79 Å². The van der Waals surface area contributed by atoms with Crippen molar-refractivity contribution < 1.29 is 4.79 Å². The van der Waals surface area contributed by atoms with Gasteiger partial charge in [0.05, 0.1) is 22.3 Å². The number of hydrogen-bond acceptors (Lipinski definition) is 3. The Morgan fingerprint density at radius 3 is 2.37 bits per heavy atom. The third-order valence-corrected chi connectivity index (χ3v) is 5.79. The summed E-state index contributed by atoms with van der Waals surface area (Å²) in [5.41, 5.74) is 7.08. The molecule has 5 heteroatoms. The van der Waals surface area contributed by atoms with E-state index in [0.29, 0.717) is 11.5 Å². The molecule has 150 valence electrons. The molecule has 4 aromatic rings. The van der Waals surface area contributed by atoms with Gasteiger partial charge in [-0.15, -0.1) is 0 Å². The van der Waals surface area contributed by atoms with Crippen LogP contribution >= 0.6 is 0 Å². The number of pyridine rings is 1. The highest BCUT2D eigenvalue weighted by molar-refractivity contribution is 6.13. The number of hydrogen-bond donors (Lipinski definition) is 1. The number of benzene rings is 2. The average molecular weight is 396 g/mol. The number of carbonyl (C=O) groups excluding carboxylic acids is 1. The number of carbonyl (C=O) groups is 1. The Morgan fingerprint density at radius 2 is 1.70 bits per heavy atom. The molecule has 0 saturated heterocycles. The summed E-state index contributed by atoms with van der Waals surface area (Å²) in [6.07, 6.45) is 2.24. The van der Waals surface area contributed by atoms with E-state index in [1.54, 1.807) is 0 Å². The lowest BCUT2D eigenvalue weighted by Crippen LogP contribution is -2.15. The molecule has 1 fully saturated rings. The average Bonchev–Trinajstić information content (AvgIpc) is 3.55. The number of nitrogens with zero attached hydrogens (tertiary/aromatic N) is 3. The van der Waals surface area contributed by atoms with Gasteiger partial charge in [0, 0.05) is 17.3 Å². The number of anilines is 1. The molecule has 0 radical (unpaired) electrons. The number of amides is 1. The molecular weight excluding hydrogens is 372 g/mol. The van der Waals surface area contributed by atoms with Crippen molar-refractivity contribution in [3.63, 3.8) is 0 Å². The first kappa shape index (κ1) is 18.6. The minimum atomic E-state index is -0.114. The Kier molecular flexibility index (Phi) is 4.39. The van der Waals surface area contributed by atoms with Gasteiger partial charge in [-0.3, -0.25) is 4.79 Å². The van der Waals surface area contributed by atoms with Gasteiger partial charge in [-0.25, -0.2) is 9.67 Å². The molecule has 0 aliphatic heterocycles. The van der Waals surface area contributed by atoms with E-state index in [-0.39, 0.29) is 5.91 Å². The number of nitrogens with one attached hydrogen (secondary N) is 1. The van der Waals surface area contributed by atoms with E-state index in [1.807, 2.05) is 80.1 Å². The normalized spacial score (nSPS) is 13.6. The second kappa shape index (κ2) is 7.10. The van der Waals surface area contributed by atoms with Crippen LogP contribution in [0.25, 0.3) is 16.7 Å². The molecule has 0 spiro atoms. The van der Waals surface area contributed by atoms with Gasteiger partial charge < -0.3 is 5.32 Å². The third-order valence-electron chi connectivity index (χ3n) is 5.79. The highest BCUT2D eigenvalue weighted by Crippen LogP contribution is 2.41. The second-order valence-corrected chi connectivity index (χ2v) is 8.12. The van der Waals surface area contributed by atoms with Gasteiger partial charge >= 0.3 is 0 Å². The zero-order valence-corrected chi connectivity index (χ0v) is 17.4. The summed E-state index contributed by atoms with van der Waals surface area (Å²) in [6, 6.07) is 18.0. The van der Waals surface area contributed by atoms with Crippen LogP contribution in [0.4, 0.5) is 5.69 Å². The Labute approximate surface area is 175 Å². The number of fused-ring (bicyclic) bond motifs is 1. The zero-order chi connectivity index (χ0) is 20.8. The number of aryl methyl sites for hydroxylation is 3. The molecule has 2 aromatic heterocycles. The molecule has 1 aliphatic carbocycles. The molecular formula is C25H24N4O. The molecule has 5 rings (SSSR count). The fraction of sp³-hybridized carbons (Fsp3) is 0.240. The van der Waals surface area contributed by atoms with Crippen LogP contribution in [0.2, 0.25) is 0 Å². The predicted octanol–water partition coefficient (Wildman–Crippen LogP) is 5.48. The van der Waals surface area contributed by atoms with Crippen molar-refractivity contribution in [2.24, 2.45) is 0 Å². The minimum Gasteiger partial charge on any atom is -0.321 e. The van der Waals surface area contributed by atoms with Crippen LogP contribution in [-0.2, 0) is 0 Å². The van der Waals surface area contributed by atoms with Crippen LogP contribution < -0.4 is 5.32 Å². The van der Waals surface area contributed by atoms with E-state index in [0.717, 1.165) is 57.8 Å². The van der Waals surface area contributed by atoms with E-state index < -0.39 is 0 Å². The van der Waals surface area contributed by atoms with Gasteiger partial charge in [0.2, 0.25) is 0 Å². The van der Waals surface area contributed by atoms with Gasteiger partial charge in [0.15, 0.2) is 5.65 Å². The van der Waals surface area contributed by atoms with E-state index in [1.165, 1.54) is 0 Å². The summed E-state index contributed by atoms with van der Waals surface area (Å²) in [6.45, 7) is 5.97. The lowest BCUT2D eigenvalue weighted by molar-refractivity contribution is 0.102. The SMILES string of the molecule is Cc1cccc(C)c1NC(=O)c1cc(C2CC2)nc2c1c(C)nn2-c1ccccc1. The first-order chi connectivity index (χ1) is 14.5. The van der Waals surface area contributed by atoms with Crippen molar-refractivity contribution in [2.45, 2.75) is 39.5 Å². The molecule has 1 saturated carbocycles. The van der Waals surface area contributed by atoms with Gasteiger partial charge in [0.25, 0.3) is 5.91 Å². The molecule has 1 N–H and O–H groups in total. The highest BCUT2D eigenvalue weighted by Gasteiger charge is 2.29. The summed E-state index contributed by atoms with van der Waals surface area (Å²) in [5.74, 6) is 0.318. The van der Waals surface area contributed by atoms with Crippen LogP contribution in [0.5, 0.6) is 0 Å². The molecule has 5 nitrogen and oxygen atoms in total. The lowest BCUT2D eigenvalue weighted by Gasteiger charge is -2.13. The zero-order valence-electron chi connectivity index (χ0n) is 17.4. The van der Waals surface area contributed by atoms with Gasteiger partial charge in [-0.2, -0.15) is 5.10 Å². The summed E-state index contributed by atoms with van der Waals surface area (Å²) >= 11 is 0. The summed E-state index contributed by atoms with van der Waals surface area (Å²) in [7, 11) is 0. The number of aromatic nitrogens is 3. The fourth-order valence-corrected chi connectivity index (χ4v) is 4.02. The van der Waals surface area contributed by atoms with E-state index >= 15 is 0 Å². The number of para-hydroxylation sites is 2. The van der Waals surface area contributed by atoms with Crippen molar-refractivity contribution in [1.29, 1.82) is 0 Å². The molecule has 2 heterocycles. The van der Waals surface area contributed by atoms with Crippen LogP contribution in [0, 0.1) is 20.8 Å². The first-order valence-electron chi connectivity index (χ1n) is 10.4. The van der Waals surface area contributed by atoms with Gasteiger partial charge in [-0.1, -0.05) is 36.4 Å². The summed E-state index contributed by atoms with van der Waals surface area (Å²) in [5, 5.41) is 8.70. The Hall–Kier alpha value is -3.47. The summed E-state index contributed by atoms with van der Waals surface area (Å²) in [4.78, 5) is 18.4. The monoisotopic (exact) mass is 396 g/mol. The van der Waals surface area contributed by atoms with Crippen LogP contribution in [0.3, 0.4) is 0 Å². The molecule has 30 heavy (non-hydrogen) atoms. The van der Waals surface area contributed by atoms with Gasteiger partial charge in [0.1, 0.15) is 0 Å². The summed E-state index contributed by atoms with van der Waals surface area (Å²) < 4.78 is 1.85. The number of rotatable bonds is 4. The Balaban J connectivity index is 1.68. The van der Waals surface area contributed by atoms with E-state index in [4.69, 9.17) is 10.1 Å². The largest absolute Gasteiger partial charge is 0.321 e. The topological polar surface area (TPSA) is 59.8 Å². The predicted molar refractivity (Wildman–Crippen MR) is 119 cm³/mol. The molecule has 0 bridgehead atoms. The van der Waals surface area contributed by atoms with Crippen LogP contribution in [0.1, 0.15) is 51.6 Å². The quantitative estimate of drug-likeness (QED) is 0.497.